The van der Waals surface area contributed by atoms with E-state index in [0.29, 0.717) is 50.7 Å². The summed E-state index contributed by atoms with van der Waals surface area (Å²) in [5.41, 5.74) is 0.514. The lowest BCUT2D eigenvalue weighted by molar-refractivity contribution is -0.130. The monoisotopic (exact) mass is 369 g/mol. The summed E-state index contributed by atoms with van der Waals surface area (Å²) < 4.78 is 21.8. The van der Waals surface area contributed by atoms with Crippen LogP contribution in [0, 0.1) is 0 Å². The molecular weight excluding hydrogens is 346 g/mol. The molecular formula is C21H23NO5. The van der Waals surface area contributed by atoms with Gasteiger partial charge in [-0.05, 0) is 30.5 Å². The van der Waals surface area contributed by atoms with Gasteiger partial charge >= 0.3 is 0 Å². The van der Waals surface area contributed by atoms with Crippen molar-refractivity contribution in [3.8, 4) is 17.2 Å². The Morgan fingerprint density at radius 2 is 1.81 bits per heavy atom. The highest BCUT2D eigenvalue weighted by Gasteiger charge is 2.41. The molecule has 2 heterocycles. The molecule has 1 fully saturated rings. The zero-order chi connectivity index (χ0) is 18.5. The van der Waals surface area contributed by atoms with E-state index >= 15 is 0 Å². The number of nitrogens with one attached hydrogen (secondary N) is 1. The molecule has 4 rings (SSSR count). The summed E-state index contributed by atoms with van der Waals surface area (Å²) in [6.45, 7) is 2.24. The average molecular weight is 369 g/mol. The second-order valence-electron chi connectivity index (χ2n) is 6.68. The molecule has 0 atom stereocenters. The molecule has 0 spiro atoms. The van der Waals surface area contributed by atoms with E-state index in [9.17, 15) is 4.79 Å². The largest absolute Gasteiger partial charge is 0.492 e. The SMILES string of the molecule is O=C(NCCOc1ccc2c(c1)OCO2)C1(c2ccccc2)CCOCC1. The highest BCUT2D eigenvalue weighted by atomic mass is 16.7. The summed E-state index contributed by atoms with van der Waals surface area (Å²) in [4.78, 5) is 13.0. The van der Waals surface area contributed by atoms with Crippen LogP contribution in [-0.4, -0.2) is 39.1 Å². The van der Waals surface area contributed by atoms with Gasteiger partial charge in [-0.25, -0.2) is 0 Å². The van der Waals surface area contributed by atoms with Crippen molar-refractivity contribution in [3.63, 3.8) is 0 Å². The van der Waals surface area contributed by atoms with Crippen LogP contribution in [0.1, 0.15) is 18.4 Å². The Hall–Kier alpha value is -2.73. The lowest BCUT2D eigenvalue weighted by Crippen LogP contribution is -2.48. The smallest absolute Gasteiger partial charge is 0.231 e. The van der Waals surface area contributed by atoms with E-state index in [1.54, 1.807) is 6.07 Å². The Morgan fingerprint density at radius 3 is 2.63 bits per heavy atom. The van der Waals surface area contributed by atoms with Crippen LogP contribution in [0.4, 0.5) is 0 Å². The van der Waals surface area contributed by atoms with E-state index in [4.69, 9.17) is 18.9 Å². The van der Waals surface area contributed by atoms with Gasteiger partial charge in [-0.15, -0.1) is 0 Å². The van der Waals surface area contributed by atoms with Crippen molar-refractivity contribution in [2.45, 2.75) is 18.3 Å². The third kappa shape index (κ3) is 3.71. The second-order valence-corrected chi connectivity index (χ2v) is 6.68. The molecule has 142 valence electrons. The minimum absolute atomic E-state index is 0.0336. The van der Waals surface area contributed by atoms with Crippen LogP contribution in [0.15, 0.2) is 48.5 Å². The second kappa shape index (κ2) is 7.88. The van der Waals surface area contributed by atoms with Crippen LogP contribution in [0.25, 0.3) is 0 Å². The molecule has 0 bridgehead atoms. The molecule has 6 nitrogen and oxygen atoms in total. The van der Waals surface area contributed by atoms with Crippen LogP contribution < -0.4 is 19.5 Å². The van der Waals surface area contributed by atoms with E-state index in [1.807, 2.05) is 42.5 Å². The Balaban J connectivity index is 1.35. The Labute approximate surface area is 158 Å². The number of benzene rings is 2. The molecule has 1 N–H and O–H groups in total. The van der Waals surface area contributed by atoms with E-state index in [2.05, 4.69) is 5.32 Å². The number of hydrogen-bond acceptors (Lipinski definition) is 5. The van der Waals surface area contributed by atoms with Crippen molar-refractivity contribution in [1.82, 2.24) is 5.32 Å². The molecule has 27 heavy (non-hydrogen) atoms. The topological polar surface area (TPSA) is 66.0 Å². The third-order valence-corrected chi connectivity index (χ3v) is 5.11. The summed E-state index contributed by atoms with van der Waals surface area (Å²) in [5.74, 6) is 2.13. The van der Waals surface area contributed by atoms with Crippen LogP contribution in [-0.2, 0) is 14.9 Å². The summed E-state index contributed by atoms with van der Waals surface area (Å²) in [6, 6.07) is 15.4. The van der Waals surface area contributed by atoms with Crippen molar-refractivity contribution < 1.29 is 23.7 Å². The maximum Gasteiger partial charge on any atom is 0.231 e. The first-order valence-electron chi connectivity index (χ1n) is 9.22. The van der Waals surface area contributed by atoms with Gasteiger partial charge in [-0.3, -0.25) is 4.79 Å². The van der Waals surface area contributed by atoms with Gasteiger partial charge < -0.3 is 24.3 Å². The highest BCUT2D eigenvalue weighted by Crippen LogP contribution is 2.36. The quantitative estimate of drug-likeness (QED) is 0.793. The molecule has 0 saturated carbocycles. The van der Waals surface area contributed by atoms with Crippen molar-refractivity contribution in [3.05, 3.63) is 54.1 Å². The summed E-state index contributed by atoms with van der Waals surface area (Å²) in [6.07, 6.45) is 1.37. The van der Waals surface area contributed by atoms with Crippen molar-refractivity contribution >= 4 is 5.91 Å². The number of hydrogen-bond donors (Lipinski definition) is 1. The van der Waals surface area contributed by atoms with Gasteiger partial charge in [0.1, 0.15) is 12.4 Å². The molecule has 0 aromatic heterocycles. The van der Waals surface area contributed by atoms with E-state index in [1.165, 1.54) is 0 Å². The normalized spacial score (nSPS) is 17.3. The molecule has 1 saturated heterocycles. The molecule has 2 aromatic rings. The Morgan fingerprint density at radius 1 is 1.04 bits per heavy atom. The predicted octanol–water partition coefficient (Wildman–Crippen LogP) is 2.66. The molecule has 2 aliphatic heterocycles. The standard InChI is InChI=1S/C21H23NO5/c23-20(21(8-11-24-12-9-21)16-4-2-1-3-5-16)22-10-13-25-17-6-7-18-19(14-17)27-15-26-18/h1-7,14H,8-13,15H2,(H,22,23). The van der Waals surface area contributed by atoms with Gasteiger partial charge in [0.15, 0.2) is 11.5 Å². The fourth-order valence-corrected chi connectivity index (χ4v) is 3.59. The van der Waals surface area contributed by atoms with Crippen LogP contribution >= 0.6 is 0 Å². The Kier molecular flexibility index (Phi) is 5.16. The number of ether oxygens (including phenoxy) is 4. The number of amides is 1. The van der Waals surface area contributed by atoms with Gasteiger partial charge in [-0.1, -0.05) is 30.3 Å². The molecule has 2 aliphatic rings. The fourth-order valence-electron chi connectivity index (χ4n) is 3.59. The number of carbonyl (C=O) groups is 1. The predicted molar refractivity (Wildman–Crippen MR) is 99.2 cm³/mol. The summed E-state index contributed by atoms with van der Waals surface area (Å²) in [5, 5.41) is 3.04. The van der Waals surface area contributed by atoms with Gasteiger partial charge in [0.2, 0.25) is 12.7 Å². The third-order valence-electron chi connectivity index (χ3n) is 5.11. The highest BCUT2D eigenvalue weighted by molar-refractivity contribution is 5.88. The summed E-state index contributed by atoms with van der Waals surface area (Å²) >= 11 is 0. The zero-order valence-corrected chi connectivity index (χ0v) is 15.1. The van der Waals surface area contributed by atoms with Crippen LogP contribution in [0.3, 0.4) is 0 Å². The molecule has 0 aliphatic carbocycles. The lowest BCUT2D eigenvalue weighted by Gasteiger charge is -2.36. The molecule has 0 radical (unpaired) electrons. The van der Waals surface area contributed by atoms with Gasteiger partial charge in [0.25, 0.3) is 0 Å². The molecule has 0 unspecified atom stereocenters. The minimum atomic E-state index is -0.530. The number of carbonyl (C=O) groups excluding carboxylic acids is 1. The van der Waals surface area contributed by atoms with Gasteiger partial charge in [0.05, 0.1) is 12.0 Å². The van der Waals surface area contributed by atoms with E-state index < -0.39 is 5.41 Å². The van der Waals surface area contributed by atoms with E-state index in [-0.39, 0.29) is 12.7 Å². The van der Waals surface area contributed by atoms with Crippen LogP contribution in [0.2, 0.25) is 0 Å². The Bertz CT molecular complexity index is 786. The van der Waals surface area contributed by atoms with E-state index in [0.717, 1.165) is 11.3 Å². The average Bonchev–Trinajstić information content (AvgIpc) is 3.20. The van der Waals surface area contributed by atoms with Crippen LogP contribution in [0.5, 0.6) is 17.2 Å². The lowest BCUT2D eigenvalue weighted by atomic mass is 9.73. The maximum atomic E-state index is 13.0. The fraction of sp³-hybridized carbons (Fsp3) is 0.381. The zero-order valence-electron chi connectivity index (χ0n) is 15.1. The van der Waals surface area contributed by atoms with Gasteiger partial charge in [0, 0.05) is 19.3 Å². The number of rotatable bonds is 6. The first kappa shape index (κ1) is 17.7. The van der Waals surface area contributed by atoms with Crippen molar-refractivity contribution in [2.24, 2.45) is 0 Å². The van der Waals surface area contributed by atoms with Gasteiger partial charge in [-0.2, -0.15) is 0 Å². The molecule has 6 heteroatoms. The first-order chi connectivity index (χ1) is 13.3. The minimum Gasteiger partial charge on any atom is -0.492 e. The molecule has 1 amide bonds. The van der Waals surface area contributed by atoms with Crippen molar-refractivity contribution in [1.29, 1.82) is 0 Å². The summed E-state index contributed by atoms with van der Waals surface area (Å²) in [7, 11) is 0. The van der Waals surface area contributed by atoms with Crippen molar-refractivity contribution in [2.75, 3.05) is 33.2 Å². The number of fused-ring (bicyclic) bond motifs is 1. The first-order valence-corrected chi connectivity index (χ1v) is 9.22. The molecule has 2 aromatic carbocycles. The maximum absolute atomic E-state index is 13.0.